The van der Waals surface area contributed by atoms with Crippen LogP contribution in [0.3, 0.4) is 0 Å². The number of rotatable bonds is 4. The van der Waals surface area contributed by atoms with Crippen LogP contribution in [0.1, 0.15) is 25.8 Å². The molecule has 2 rings (SSSR count). The fourth-order valence-corrected chi connectivity index (χ4v) is 2.59. The number of hydrogen-bond acceptors (Lipinski definition) is 4. The van der Waals surface area contributed by atoms with E-state index < -0.39 is 5.91 Å². The van der Waals surface area contributed by atoms with Gasteiger partial charge < -0.3 is 4.90 Å². The van der Waals surface area contributed by atoms with Gasteiger partial charge in [-0.05, 0) is 42.7 Å². The number of amides is 2. The third-order valence-corrected chi connectivity index (χ3v) is 3.99. The van der Waals surface area contributed by atoms with E-state index >= 15 is 0 Å². The lowest BCUT2D eigenvalue weighted by molar-refractivity contribution is -0.140. The van der Waals surface area contributed by atoms with Gasteiger partial charge in [-0.2, -0.15) is 5.26 Å². The monoisotopic (exact) mass is 323 g/mol. The van der Waals surface area contributed by atoms with Crippen LogP contribution in [-0.4, -0.2) is 37.4 Å². The first-order chi connectivity index (χ1) is 11.4. The molecule has 1 aromatic carbocycles. The molecule has 0 aliphatic carbocycles. The second kappa shape index (κ2) is 7.14. The minimum Gasteiger partial charge on any atom is -0.378 e. The molecule has 0 bridgehead atoms. The molecule has 1 aliphatic heterocycles. The molecular formula is C19H21N3O2. The van der Waals surface area contributed by atoms with Gasteiger partial charge in [0.05, 0.1) is 0 Å². The van der Waals surface area contributed by atoms with Crippen LogP contribution in [0, 0.1) is 11.3 Å². The summed E-state index contributed by atoms with van der Waals surface area (Å²) >= 11 is 0. The van der Waals surface area contributed by atoms with E-state index in [-0.39, 0.29) is 11.5 Å². The first kappa shape index (κ1) is 17.5. The van der Waals surface area contributed by atoms with E-state index in [4.69, 9.17) is 0 Å². The Morgan fingerprint density at radius 3 is 2.29 bits per heavy atom. The Kier molecular flexibility index (Phi) is 5.20. The number of carbonyl (C=O) groups is 2. The molecule has 0 spiro atoms. The highest BCUT2D eigenvalue weighted by molar-refractivity contribution is 6.19. The zero-order valence-electron chi connectivity index (χ0n) is 14.5. The van der Waals surface area contributed by atoms with E-state index in [1.54, 1.807) is 13.0 Å². The molecular weight excluding hydrogens is 302 g/mol. The molecule has 0 saturated heterocycles. The normalized spacial score (nSPS) is 16.6. The van der Waals surface area contributed by atoms with Gasteiger partial charge in [-0.25, -0.2) is 0 Å². The number of carbonyl (C=O) groups excluding carboxylic acids is 2. The summed E-state index contributed by atoms with van der Waals surface area (Å²) in [5.74, 6) is -0.836. The number of benzene rings is 1. The minimum absolute atomic E-state index is 0.0409. The van der Waals surface area contributed by atoms with Crippen molar-refractivity contribution in [2.75, 3.05) is 25.5 Å². The predicted molar refractivity (Wildman–Crippen MR) is 94.1 cm³/mol. The zero-order chi connectivity index (χ0) is 17.9. The highest BCUT2D eigenvalue weighted by atomic mass is 16.2. The molecule has 24 heavy (non-hydrogen) atoms. The summed E-state index contributed by atoms with van der Waals surface area (Å²) in [4.78, 5) is 28.1. The lowest BCUT2D eigenvalue weighted by Crippen LogP contribution is -2.43. The largest absolute Gasteiger partial charge is 0.378 e. The van der Waals surface area contributed by atoms with Crippen molar-refractivity contribution in [3.8, 4) is 6.07 Å². The average Bonchev–Trinajstić information content (AvgIpc) is 2.56. The van der Waals surface area contributed by atoms with Crippen LogP contribution in [0.4, 0.5) is 5.69 Å². The number of nitrogens with zero attached hydrogens (tertiary/aromatic N) is 3. The molecule has 0 N–H and O–H groups in total. The Hall–Kier alpha value is -2.87. The number of hydrogen-bond donors (Lipinski definition) is 0. The summed E-state index contributed by atoms with van der Waals surface area (Å²) in [7, 11) is 3.91. The molecule has 124 valence electrons. The zero-order valence-corrected chi connectivity index (χ0v) is 14.5. The molecule has 0 radical (unpaired) electrons. The SMILES string of the molecule is CCCN1C(=O)C(C#N)=C(C)/C(=C/c2ccc(N(C)C)cc2)C1=O. The number of anilines is 1. The van der Waals surface area contributed by atoms with Crippen molar-refractivity contribution in [2.24, 2.45) is 0 Å². The van der Waals surface area contributed by atoms with Gasteiger partial charge in [-0.1, -0.05) is 19.1 Å². The summed E-state index contributed by atoms with van der Waals surface area (Å²) in [6, 6.07) is 9.68. The summed E-state index contributed by atoms with van der Waals surface area (Å²) < 4.78 is 0. The molecule has 5 heteroatoms. The van der Waals surface area contributed by atoms with Crippen LogP contribution in [0.2, 0.25) is 0 Å². The first-order valence-corrected chi connectivity index (χ1v) is 7.87. The van der Waals surface area contributed by atoms with Crippen LogP contribution in [0.25, 0.3) is 6.08 Å². The predicted octanol–water partition coefficient (Wildman–Crippen LogP) is 2.75. The van der Waals surface area contributed by atoms with Gasteiger partial charge in [-0.3, -0.25) is 14.5 Å². The van der Waals surface area contributed by atoms with Crippen molar-refractivity contribution in [1.82, 2.24) is 4.90 Å². The second-order valence-electron chi connectivity index (χ2n) is 5.92. The van der Waals surface area contributed by atoms with Gasteiger partial charge in [0.25, 0.3) is 11.8 Å². The van der Waals surface area contributed by atoms with Crippen LogP contribution in [0.5, 0.6) is 0 Å². The van der Waals surface area contributed by atoms with Crippen molar-refractivity contribution in [3.63, 3.8) is 0 Å². The molecule has 2 amide bonds. The minimum atomic E-state index is -0.498. The van der Waals surface area contributed by atoms with Crippen molar-refractivity contribution < 1.29 is 9.59 Å². The lowest BCUT2D eigenvalue weighted by atomic mass is 9.93. The van der Waals surface area contributed by atoms with Crippen molar-refractivity contribution in [1.29, 1.82) is 5.26 Å². The molecule has 5 nitrogen and oxygen atoms in total. The Labute approximate surface area is 142 Å². The summed E-state index contributed by atoms with van der Waals surface area (Å²) in [5.41, 5.74) is 2.79. The molecule has 1 aromatic rings. The standard InChI is InChI=1S/C19H21N3O2/c1-5-10-22-18(23)16(13(2)17(12-20)19(22)24)11-14-6-8-15(9-7-14)21(3)4/h6-9,11H,5,10H2,1-4H3/b16-11-. The van der Waals surface area contributed by atoms with Crippen molar-refractivity contribution >= 4 is 23.6 Å². The van der Waals surface area contributed by atoms with E-state index in [9.17, 15) is 14.9 Å². The van der Waals surface area contributed by atoms with E-state index in [1.807, 2.05) is 56.3 Å². The molecule has 0 atom stereocenters. The molecule has 0 aromatic heterocycles. The highest BCUT2D eigenvalue weighted by Crippen LogP contribution is 2.27. The summed E-state index contributed by atoms with van der Waals surface area (Å²) in [6.45, 7) is 3.85. The van der Waals surface area contributed by atoms with E-state index in [1.165, 1.54) is 0 Å². The summed E-state index contributed by atoms with van der Waals surface area (Å²) in [6.07, 6.45) is 2.39. The van der Waals surface area contributed by atoms with Crippen LogP contribution < -0.4 is 4.90 Å². The van der Waals surface area contributed by atoms with Gasteiger partial charge >= 0.3 is 0 Å². The molecule has 1 aliphatic rings. The fourth-order valence-electron chi connectivity index (χ4n) is 2.59. The van der Waals surface area contributed by atoms with Gasteiger partial charge in [0.1, 0.15) is 11.6 Å². The van der Waals surface area contributed by atoms with Gasteiger partial charge in [0, 0.05) is 31.9 Å². The summed E-state index contributed by atoms with van der Waals surface area (Å²) in [5, 5.41) is 9.29. The van der Waals surface area contributed by atoms with Gasteiger partial charge in [-0.15, -0.1) is 0 Å². The Bertz CT molecular complexity index is 765. The third kappa shape index (κ3) is 3.23. The molecule has 0 saturated carbocycles. The maximum absolute atomic E-state index is 12.7. The molecule has 0 fully saturated rings. The molecule has 1 heterocycles. The maximum Gasteiger partial charge on any atom is 0.271 e. The van der Waals surface area contributed by atoms with Crippen molar-refractivity contribution in [2.45, 2.75) is 20.3 Å². The Morgan fingerprint density at radius 2 is 1.79 bits per heavy atom. The van der Waals surface area contributed by atoms with Crippen LogP contribution >= 0.6 is 0 Å². The quantitative estimate of drug-likeness (QED) is 0.631. The van der Waals surface area contributed by atoms with E-state index in [2.05, 4.69) is 0 Å². The highest BCUT2D eigenvalue weighted by Gasteiger charge is 2.34. The van der Waals surface area contributed by atoms with Crippen LogP contribution in [-0.2, 0) is 9.59 Å². The smallest absolute Gasteiger partial charge is 0.271 e. The lowest BCUT2D eigenvalue weighted by Gasteiger charge is -2.27. The number of nitriles is 1. The second-order valence-corrected chi connectivity index (χ2v) is 5.92. The topological polar surface area (TPSA) is 64.4 Å². The maximum atomic E-state index is 12.7. The van der Waals surface area contributed by atoms with E-state index in [0.29, 0.717) is 24.1 Å². The Balaban J connectivity index is 2.49. The average molecular weight is 323 g/mol. The van der Waals surface area contributed by atoms with Gasteiger partial charge in [0.15, 0.2) is 0 Å². The fraction of sp³-hybridized carbons (Fsp3) is 0.316. The van der Waals surface area contributed by atoms with Crippen molar-refractivity contribution in [3.05, 3.63) is 46.5 Å². The number of imide groups is 1. The van der Waals surface area contributed by atoms with E-state index in [0.717, 1.165) is 16.2 Å². The Morgan fingerprint density at radius 1 is 1.17 bits per heavy atom. The van der Waals surface area contributed by atoms with Crippen LogP contribution in [0.15, 0.2) is 41.0 Å². The first-order valence-electron chi connectivity index (χ1n) is 7.87. The third-order valence-electron chi connectivity index (χ3n) is 3.99. The molecule has 0 unspecified atom stereocenters. The van der Waals surface area contributed by atoms with Gasteiger partial charge in [0.2, 0.25) is 0 Å².